The molecule has 0 radical (unpaired) electrons. The van der Waals surface area contributed by atoms with Crippen LogP contribution < -0.4 is 0 Å². The van der Waals surface area contributed by atoms with Gasteiger partial charge in [-0.05, 0) is 13.8 Å². The average Bonchev–Trinajstić information content (AvgIpc) is 1.87. The zero-order valence-electron chi connectivity index (χ0n) is 6.60. The van der Waals surface area contributed by atoms with E-state index in [1.54, 1.807) is 14.1 Å². The molecule has 0 rings (SSSR count). The smallest absolute Gasteiger partial charge is 0.0276 e. The monoisotopic (exact) mass is 126 g/mol. The van der Waals surface area contributed by atoms with Crippen molar-refractivity contribution in [1.29, 1.82) is 0 Å². The van der Waals surface area contributed by atoms with Crippen LogP contribution in [0.1, 0.15) is 20.3 Å². The fourth-order valence-electron chi connectivity index (χ4n) is 0.528. The summed E-state index contributed by atoms with van der Waals surface area (Å²) in [7, 11) is 3.61. The van der Waals surface area contributed by atoms with Gasteiger partial charge in [0.05, 0.1) is 0 Å². The van der Waals surface area contributed by atoms with Crippen molar-refractivity contribution < 1.29 is 0 Å². The van der Waals surface area contributed by atoms with Crippen LogP contribution in [-0.4, -0.2) is 25.5 Å². The average molecular weight is 126 g/mol. The third-order valence-corrected chi connectivity index (χ3v) is 1.28. The molecule has 0 aliphatic heterocycles. The third-order valence-electron chi connectivity index (χ3n) is 1.28. The molecule has 0 aromatic heterocycles. The second-order valence-corrected chi connectivity index (χ2v) is 2.09. The van der Waals surface area contributed by atoms with Crippen molar-refractivity contribution in [1.82, 2.24) is 0 Å². The molecule has 0 bridgehead atoms. The highest BCUT2D eigenvalue weighted by Gasteiger charge is 1.90. The van der Waals surface area contributed by atoms with Gasteiger partial charge in [0.2, 0.25) is 0 Å². The highest BCUT2D eigenvalue weighted by atomic mass is 14.7. The Hall–Kier alpha value is -0.660. The van der Waals surface area contributed by atoms with Crippen LogP contribution in [0.15, 0.2) is 9.98 Å². The van der Waals surface area contributed by atoms with E-state index in [2.05, 4.69) is 9.98 Å². The van der Waals surface area contributed by atoms with Crippen molar-refractivity contribution in [3.8, 4) is 0 Å². The van der Waals surface area contributed by atoms with E-state index in [4.69, 9.17) is 0 Å². The number of hydrogen-bond acceptors (Lipinski definition) is 2. The minimum Gasteiger partial charge on any atom is -0.297 e. The maximum Gasteiger partial charge on any atom is 0.0276 e. The fourth-order valence-corrected chi connectivity index (χ4v) is 0.528. The zero-order valence-corrected chi connectivity index (χ0v) is 6.60. The summed E-state index contributed by atoms with van der Waals surface area (Å²) in [5.41, 5.74) is 2.27. The van der Waals surface area contributed by atoms with Gasteiger partial charge in [-0.2, -0.15) is 0 Å². The highest BCUT2D eigenvalue weighted by molar-refractivity contribution is 6.02. The van der Waals surface area contributed by atoms with Crippen molar-refractivity contribution in [3.05, 3.63) is 0 Å². The summed E-state index contributed by atoms with van der Waals surface area (Å²) in [5, 5.41) is 0. The van der Waals surface area contributed by atoms with E-state index < -0.39 is 0 Å². The van der Waals surface area contributed by atoms with Crippen molar-refractivity contribution in [2.75, 3.05) is 14.1 Å². The van der Waals surface area contributed by atoms with Crippen molar-refractivity contribution in [2.24, 2.45) is 9.98 Å². The molecule has 0 aromatic carbocycles. The van der Waals surface area contributed by atoms with Crippen molar-refractivity contribution in [3.63, 3.8) is 0 Å². The summed E-state index contributed by atoms with van der Waals surface area (Å²) in [6.07, 6.45) is 0.910. The minimum atomic E-state index is 0.910. The van der Waals surface area contributed by atoms with Crippen LogP contribution in [0.4, 0.5) is 0 Å². The molecule has 0 saturated carbocycles. The van der Waals surface area contributed by atoms with Gasteiger partial charge in [0, 0.05) is 31.9 Å². The van der Waals surface area contributed by atoms with Gasteiger partial charge < -0.3 is 0 Å². The number of aliphatic imine (C=N–C) groups is 2. The number of nitrogens with zero attached hydrogens (tertiary/aromatic N) is 2. The lowest BCUT2D eigenvalue weighted by molar-refractivity contribution is 1.31. The number of hydrogen-bond donors (Lipinski definition) is 0. The molecule has 2 heteroatoms. The van der Waals surface area contributed by atoms with E-state index in [0.717, 1.165) is 17.8 Å². The summed E-state index contributed by atoms with van der Waals surface area (Å²) in [5.74, 6) is 0. The van der Waals surface area contributed by atoms with Gasteiger partial charge in [0.1, 0.15) is 0 Å². The first-order valence-electron chi connectivity index (χ1n) is 3.05. The molecule has 0 aromatic rings. The lowest BCUT2D eigenvalue weighted by atomic mass is 10.2. The molecule has 0 N–H and O–H groups in total. The molecule has 0 saturated heterocycles. The first kappa shape index (κ1) is 8.34. The standard InChI is InChI=1S/C7H14N2/c1-6(8-3)5-7(2)9-4/h5H2,1-4H3. The molecule has 2 nitrogen and oxygen atoms in total. The van der Waals surface area contributed by atoms with Crippen LogP contribution in [0, 0.1) is 0 Å². The van der Waals surface area contributed by atoms with Gasteiger partial charge in [-0.15, -0.1) is 0 Å². The fraction of sp³-hybridized carbons (Fsp3) is 0.714. The van der Waals surface area contributed by atoms with Crippen LogP contribution in [0.5, 0.6) is 0 Å². The van der Waals surface area contributed by atoms with Gasteiger partial charge in [-0.3, -0.25) is 9.98 Å². The normalized spacial score (nSPS) is 14.2. The highest BCUT2D eigenvalue weighted by Crippen LogP contribution is 1.88. The molecule has 0 aliphatic rings. The maximum absolute atomic E-state index is 4.01. The van der Waals surface area contributed by atoms with Gasteiger partial charge in [-0.25, -0.2) is 0 Å². The van der Waals surface area contributed by atoms with Gasteiger partial charge in [0.25, 0.3) is 0 Å². The topological polar surface area (TPSA) is 24.7 Å². The molecule has 52 valence electrons. The largest absolute Gasteiger partial charge is 0.297 e. The molecule has 0 amide bonds. The van der Waals surface area contributed by atoms with Crippen molar-refractivity contribution >= 4 is 11.4 Å². The molecule has 0 aliphatic carbocycles. The summed E-state index contributed by atoms with van der Waals surface area (Å²) < 4.78 is 0. The summed E-state index contributed by atoms with van der Waals surface area (Å²) in [6, 6.07) is 0. The molecule has 0 fully saturated rings. The first-order valence-corrected chi connectivity index (χ1v) is 3.05. The first-order chi connectivity index (χ1) is 4.20. The Morgan fingerprint density at radius 1 is 1.00 bits per heavy atom. The van der Waals surface area contributed by atoms with E-state index in [1.807, 2.05) is 13.8 Å². The van der Waals surface area contributed by atoms with Gasteiger partial charge >= 0.3 is 0 Å². The Kier molecular flexibility index (Phi) is 3.93. The minimum absolute atomic E-state index is 0.910. The van der Waals surface area contributed by atoms with Crippen molar-refractivity contribution in [2.45, 2.75) is 20.3 Å². The zero-order chi connectivity index (χ0) is 7.28. The third kappa shape index (κ3) is 3.88. The van der Waals surface area contributed by atoms with Crippen LogP contribution in [-0.2, 0) is 0 Å². The lowest BCUT2D eigenvalue weighted by Crippen LogP contribution is -1.99. The molecule has 0 heterocycles. The van der Waals surface area contributed by atoms with E-state index in [1.165, 1.54) is 0 Å². The van der Waals surface area contributed by atoms with Crippen LogP contribution in [0.2, 0.25) is 0 Å². The molecule has 9 heavy (non-hydrogen) atoms. The van der Waals surface area contributed by atoms with Crippen LogP contribution >= 0.6 is 0 Å². The Balaban J connectivity index is 3.75. The SMILES string of the molecule is CN=C(C)CC(C)=NC. The van der Waals surface area contributed by atoms with Gasteiger partial charge in [-0.1, -0.05) is 0 Å². The van der Waals surface area contributed by atoms with E-state index in [0.29, 0.717) is 0 Å². The van der Waals surface area contributed by atoms with Crippen LogP contribution in [0.3, 0.4) is 0 Å². The molecular weight excluding hydrogens is 112 g/mol. The lowest BCUT2D eigenvalue weighted by Gasteiger charge is -1.95. The predicted molar refractivity (Wildman–Crippen MR) is 42.7 cm³/mol. The molecule has 0 atom stereocenters. The maximum atomic E-state index is 4.01. The Morgan fingerprint density at radius 2 is 1.33 bits per heavy atom. The van der Waals surface area contributed by atoms with E-state index in [-0.39, 0.29) is 0 Å². The number of rotatable bonds is 2. The van der Waals surface area contributed by atoms with Crippen LogP contribution in [0.25, 0.3) is 0 Å². The predicted octanol–water partition coefficient (Wildman–Crippen LogP) is 1.56. The molecular formula is C7H14N2. The molecule has 0 spiro atoms. The summed E-state index contributed by atoms with van der Waals surface area (Å²) >= 11 is 0. The Morgan fingerprint density at radius 3 is 1.56 bits per heavy atom. The summed E-state index contributed by atoms with van der Waals surface area (Å²) in [4.78, 5) is 8.02. The Labute approximate surface area is 56.7 Å². The molecule has 0 unspecified atom stereocenters. The summed E-state index contributed by atoms with van der Waals surface area (Å²) in [6.45, 7) is 4.02. The van der Waals surface area contributed by atoms with E-state index in [9.17, 15) is 0 Å². The quantitative estimate of drug-likeness (QED) is 0.502. The van der Waals surface area contributed by atoms with Gasteiger partial charge in [0.15, 0.2) is 0 Å². The Bertz CT molecular complexity index is 118. The second kappa shape index (κ2) is 4.24. The van der Waals surface area contributed by atoms with E-state index >= 15 is 0 Å². The second-order valence-electron chi connectivity index (χ2n) is 2.09.